The number of thiophene rings is 2. The lowest BCUT2D eigenvalue weighted by molar-refractivity contribution is 0.918. The molecule has 0 aliphatic carbocycles. The van der Waals surface area contributed by atoms with Crippen LogP contribution < -0.4 is 5.73 Å². The molecule has 0 bridgehead atoms. The van der Waals surface area contributed by atoms with E-state index in [0.29, 0.717) is 0 Å². The molecule has 2 aromatic heterocycles. The maximum atomic E-state index is 6.04. The molecule has 0 amide bonds. The van der Waals surface area contributed by atoms with Gasteiger partial charge in [0.25, 0.3) is 0 Å². The topological polar surface area (TPSA) is 26.0 Å². The second kappa shape index (κ2) is 3.80. The van der Waals surface area contributed by atoms with Gasteiger partial charge < -0.3 is 5.73 Å². The first-order valence-electron chi connectivity index (χ1n) is 3.81. The molecule has 68 valence electrons. The summed E-state index contributed by atoms with van der Waals surface area (Å²) in [6, 6.07) is 5.86. The van der Waals surface area contributed by atoms with Gasteiger partial charge in [-0.05, 0) is 22.9 Å². The van der Waals surface area contributed by atoms with Crippen LogP contribution in [0.2, 0.25) is 5.02 Å². The van der Waals surface area contributed by atoms with Gasteiger partial charge in [-0.15, -0.1) is 22.7 Å². The summed E-state index contributed by atoms with van der Waals surface area (Å²) in [6.45, 7) is 0. The summed E-state index contributed by atoms with van der Waals surface area (Å²) in [6.07, 6.45) is 0. The molecule has 2 N–H and O–H groups in total. The van der Waals surface area contributed by atoms with Gasteiger partial charge in [0.1, 0.15) is 0 Å². The Hall–Kier alpha value is -0.350. The van der Waals surface area contributed by atoms with Crippen molar-refractivity contribution in [3.8, 4) is 0 Å². The second-order valence-electron chi connectivity index (χ2n) is 2.63. The Kier molecular flexibility index (Phi) is 2.69. The van der Waals surface area contributed by atoms with Crippen molar-refractivity contribution in [2.24, 2.45) is 5.73 Å². The highest BCUT2D eigenvalue weighted by atomic mass is 35.5. The Morgan fingerprint density at radius 2 is 2.08 bits per heavy atom. The maximum Gasteiger partial charge on any atom is 0.0754 e. The van der Waals surface area contributed by atoms with Crippen LogP contribution in [0.4, 0.5) is 0 Å². The van der Waals surface area contributed by atoms with Crippen molar-refractivity contribution in [2.75, 3.05) is 0 Å². The molecule has 0 fully saturated rings. The van der Waals surface area contributed by atoms with Gasteiger partial charge in [0.2, 0.25) is 0 Å². The highest BCUT2D eigenvalue weighted by molar-refractivity contribution is 7.12. The molecule has 0 spiro atoms. The quantitative estimate of drug-likeness (QED) is 0.838. The van der Waals surface area contributed by atoms with E-state index >= 15 is 0 Å². The van der Waals surface area contributed by atoms with Crippen molar-refractivity contribution in [3.05, 3.63) is 43.7 Å². The van der Waals surface area contributed by atoms with E-state index in [0.717, 1.165) is 14.8 Å². The van der Waals surface area contributed by atoms with Crippen LogP contribution >= 0.6 is 34.3 Å². The highest BCUT2D eigenvalue weighted by Gasteiger charge is 2.14. The first kappa shape index (κ1) is 9.21. The van der Waals surface area contributed by atoms with Crippen LogP contribution in [0.3, 0.4) is 0 Å². The Morgan fingerprint density at radius 1 is 1.23 bits per heavy atom. The summed E-state index contributed by atoms with van der Waals surface area (Å²) < 4.78 is 0. The minimum Gasteiger partial charge on any atom is -0.319 e. The third-order valence-electron chi connectivity index (χ3n) is 1.78. The number of hydrogen-bond acceptors (Lipinski definition) is 3. The van der Waals surface area contributed by atoms with Crippen molar-refractivity contribution in [1.29, 1.82) is 0 Å². The summed E-state index contributed by atoms with van der Waals surface area (Å²) in [5.41, 5.74) is 6.04. The standard InChI is InChI=1S/C9H8ClNS2/c10-6-3-5-13-9(6)8(11)7-2-1-4-12-7/h1-5,8H,11H2. The molecule has 0 aromatic carbocycles. The molecule has 4 heteroatoms. The molecular formula is C9H8ClNS2. The fourth-order valence-corrected chi connectivity index (χ4v) is 3.13. The molecule has 1 unspecified atom stereocenters. The highest BCUT2D eigenvalue weighted by Crippen LogP contribution is 2.32. The van der Waals surface area contributed by atoms with E-state index in [9.17, 15) is 0 Å². The van der Waals surface area contributed by atoms with Crippen LogP contribution in [0.5, 0.6) is 0 Å². The van der Waals surface area contributed by atoms with Crippen molar-refractivity contribution in [3.63, 3.8) is 0 Å². The van der Waals surface area contributed by atoms with E-state index in [1.54, 1.807) is 22.7 Å². The van der Waals surface area contributed by atoms with Gasteiger partial charge in [-0.2, -0.15) is 0 Å². The van der Waals surface area contributed by atoms with Gasteiger partial charge in [-0.1, -0.05) is 17.7 Å². The first-order chi connectivity index (χ1) is 6.29. The molecule has 0 radical (unpaired) electrons. The summed E-state index contributed by atoms with van der Waals surface area (Å²) in [5.74, 6) is 0. The molecule has 0 aliphatic heterocycles. The average Bonchev–Trinajstić information content (AvgIpc) is 2.72. The van der Waals surface area contributed by atoms with Gasteiger partial charge in [0, 0.05) is 9.75 Å². The van der Waals surface area contributed by atoms with Crippen molar-refractivity contribution in [1.82, 2.24) is 0 Å². The van der Waals surface area contributed by atoms with E-state index in [-0.39, 0.29) is 6.04 Å². The lowest BCUT2D eigenvalue weighted by Crippen LogP contribution is -2.08. The largest absolute Gasteiger partial charge is 0.319 e. The Morgan fingerprint density at radius 3 is 2.62 bits per heavy atom. The third-order valence-corrected chi connectivity index (χ3v) is 4.17. The zero-order valence-electron chi connectivity index (χ0n) is 6.74. The lowest BCUT2D eigenvalue weighted by Gasteiger charge is -2.06. The predicted octanol–water partition coefficient (Wildman–Crippen LogP) is 3.51. The lowest BCUT2D eigenvalue weighted by atomic mass is 10.2. The SMILES string of the molecule is NC(c1cccs1)c1sccc1Cl. The van der Waals surface area contributed by atoms with Crippen LogP contribution in [0, 0.1) is 0 Å². The fraction of sp³-hybridized carbons (Fsp3) is 0.111. The molecule has 0 aliphatic rings. The zero-order valence-corrected chi connectivity index (χ0v) is 9.12. The Labute approximate surface area is 89.8 Å². The Bertz CT molecular complexity index is 380. The number of rotatable bonds is 2. The minimum atomic E-state index is -0.0625. The fourth-order valence-electron chi connectivity index (χ4n) is 1.12. The molecule has 13 heavy (non-hydrogen) atoms. The number of nitrogens with two attached hydrogens (primary N) is 1. The minimum absolute atomic E-state index is 0.0625. The molecule has 1 nitrogen and oxygen atoms in total. The molecule has 2 aromatic rings. The smallest absolute Gasteiger partial charge is 0.0754 e. The van der Waals surface area contributed by atoms with E-state index in [1.807, 2.05) is 29.0 Å². The van der Waals surface area contributed by atoms with Gasteiger partial charge >= 0.3 is 0 Å². The monoisotopic (exact) mass is 229 g/mol. The third kappa shape index (κ3) is 1.79. The number of halogens is 1. The van der Waals surface area contributed by atoms with Crippen molar-refractivity contribution >= 4 is 34.3 Å². The second-order valence-corrected chi connectivity index (χ2v) is 4.96. The van der Waals surface area contributed by atoms with Crippen LogP contribution in [0.25, 0.3) is 0 Å². The van der Waals surface area contributed by atoms with Crippen LogP contribution in [-0.4, -0.2) is 0 Å². The predicted molar refractivity (Wildman–Crippen MR) is 59.7 cm³/mol. The van der Waals surface area contributed by atoms with Gasteiger partial charge in [0.05, 0.1) is 11.1 Å². The van der Waals surface area contributed by atoms with E-state index in [1.165, 1.54) is 0 Å². The maximum absolute atomic E-state index is 6.04. The first-order valence-corrected chi connectivity index (χ1v) is 5.94. The summed E-state index contributed by atoms with van der Waals surface area (Å²) in [4.78, 5) is 2.20. The van der Waals surface area contributed by atoms with Crippen molar-refractivity contribution < 1.29 is 0 Å². The molecular weight excluding hydrogens is 222 g/mol. The molecule has 2 rings (SSSR count). The number of hydrogen-bond donors (Lipinski definition) is 1. The van der Waals surface area contributed by atoms with Crippen LogP contribution in [-0.2, 0) is 0 Å². The van der Waals surface area contributed by atoms with Crippen LogP contribution in [0.15, 0.2) is 29.0 Å². The van der Waals surface area contributed by atoms with Crippen LogP contribution in [0.1, 0.15) is 15.8 Å². The zero-order chi connectivity index (χ0) is 9.26. The molecule has 0 saturated heterocycles. The van der Waals surface area contributed by atoms with Gasteiger partial charge in [0.15, 0.2) is 0 Å². The van der Waals surface area contributed by atoms with Gasteiger partial charge in [-0.3, -0.25) is 0 Å². The average molecular weight is 230 g/mol. The van der Waals surface area contributed by atoms with E-state index in [4.69, 9.17) is 17.3 Å². The molecule has 2 heterocycles. The van der Waals surface area contributed by atoms with E-state index < -0.39 is 0 Å². The Balaban J connectivity index is 2.33. The summed E-state index contributed by atoms with van der Waals surface area (Å²) >= 11 is 9.25. The molecule has 0 saturated carbocycles. The summed E-state index contributed by atoms with van der Waals surface area (Å²) in [5, 5.41) is 4.76. The van der Waals surface area contributed by atoms with Gasteiger partial charge in [-0.25, -0.2) is 0 Å². The normalized spacial score (nSPS) is 13.1. The van der Waals surface area contributed by atoms with Crippen molar-refractivity contribution in [2.45, 2.75) is 6.04 Å². The molecule has 1 atom stereocenters. The van der Waals surface area contributed by atoms with E-state index in [2.05, 4.69) is 0 Å². The summed E-state index contributed by atoms with van der Waals surface area (Å²) in [7, 11) is 0.